The Balaban J connectivity index is 1.43. The van der Waals surface area contributed by atoms with E-state index in [4.69, 9.17) is 9.15 Å². The van der Waals surface area contributed by atoms with Gasteiger partial charge in [0.1, 0.15) is 5.76 Å². The molecule has 2 aliphatic heterocycles. The Labute approximate surface area is 147 Å². The molecule has 25 heavy (non-hydrogen) atoms. The van der Waals surface area contributed by atoms with Crippen molar-refractivity contribution in [1.82, 2.24) is 9.88 Å². The van der Waals surface area contributed by atoms with Crippen molar-refractivity contribution in [2.24, 2.45) is 17.8 Å². The maximum atomic E-state index is 12.8. The zero-order valence-electron chi connectivity index (χ0n) is 14.4. The number of anilines is 1. The fourth-order valence-electron chi connectivity index (χ4n) is 3.95. The lowest BCUT2D eigenvalue weighted by Gasteiger charge is -2.32. The predicted octanol–water partition coefficient (Wildman–Crippen LogP) is 2.32. The molecule has 0 aliphatic carbocycles. The molecule has 0 saturated carbocycles. The summed E-state index contributed by atoms with van der Waals surface area (Å²) in [5.41, 5.74) is 1.61. The van der Waals surface area contributed by atoms with Gasteiger partial charge in [0.05, 0.1) is 43.3 Å². The molecule has 2 aromatic rings. The summed E-state index contributed by atoms with van der Waals surface area (Å²) in [6.45, 7) is 5.75. The van der Waals surface area contributed by atoms with Crippen molar-refractivity contribution in [2.45, 2.75) is 13.5 Å². The SMILES string of the molecule is Cc1ncccc1NC(=O)[C@H]1COC[C@H]2CN(Cc3ccco3)C[C@H]21. The van der Waals surface area contributed by atoms with Crippen molar-refractivity contribution in [1.29, 1.82) is 0 Å². The topological polar surface area (TPSA) is 67.6 Å². The molecule has 1 amide bonds. The van der Waals surface area contributed by atoms with Gasteiger partial charge in [0.2, 0.25) is 5.91 Å². The number of amides is 1. The molecule has 0 spiro atoms. The highest BCUT2D eigenvalue weighted by Gasteiger charge is 2.44. The van der Waals surface area contributed by atoms with Gasteiger partial charge < -0.3 is 14.5 Å². The highest BCUT2D eigenvalue weighted by molar-refractivity contribution is 5.93. The second-order valence-electron chi connectivity index (χ2n) is 6.97. The van der Waals surface area contributed by atoms with E-state index in [0.717, 1.165) is 43.4 Å². The monoisotopic (exact) mass is 341 g/mol. The Bertz CT molecular complexity index is 731. The number of fused-ring (bicyclic) bond motifs is 1. The number of nitrogens with one attached hydrogen (secondary N) is 1. The van der Waals surface area contributed by atoms with Gasteiger partial charge >= 0.3 is 0 Å². The summed E-state index contributed by atoms with van der Waals surface area (Å²) in [4.78, 5) is 19.4. The molecule has 2 aromatic heterocycles. The number of aromatic nitrogens is 1. The zero-order valence-corrected chi connectivity index (χ0v) is 14.4. The molecule has 2 fully saturated rings. The fourth-order valence-corrected chi connectivity index (χ4v) is 3.95. The third-order valence-electron chi connectivity index (χ3n) is 5.27. The lowest BCUT2D eigenvalue weighted by molar-refractivity contribution is -0.128. The fraction of sp³-hybridized carbons (Fsp3) is 0.474. The number of hydrogen-bond donors (Lipinski definition) is 1. The zero-order chi connectivity index (χ0) is 17.2. The molecule has 3 atom stereocenters. The number of hydrogen-bond acceptors (Lipinski definition) is 5. The van der Waals surface area contributed by atoms with Crippen molar-refractivity contribution in [3.8, 4) is 0 Å². The number of nitrogens with zero attached hydrogens (tertiary/aromatic N) is 2. The third-order valence-corrected chi connectivity index (χ3v) is 5.27. The average Bonchev–Trinajstić information content (AvgIpc) is 3.25. The number of carbonyl (C=O) groups is 1. The molecule has 4 rings (SSSR count). The van der Waals surface area contributed by atoms with Gasteiger partial charge in [0.25, 0.3) is 0 Å². The largest absolute Gasteiger partial charge is 0.468 e. The van der Waals surface area contributed by atoms with Crippen LogP contribution in [-0.2, 0) is 16.1 Å². The number of rotatable bonds is 4. The van der Waals surface area contributed by atoms with Gasteiger partial charge in [0.15, 0.2) is 0 Å². The van der Waals surface area contributed by atoms with Gasteiger partial charge in [-0.3, -0.25) is 14.7 Å². The molecule has 0 aromatic carbocycles. The minimum Gasteiger partial charge on any atom is -0.468 e. The van der Waals surface area contributed by atoms with Crippen LogP contribution in [0.15, 0.2) is 41.1 Å². The highest BCUT2D eigenvalue weighted by Crippen LogP contribution is 2.35. The minimum absolute atomic E-state index is 0.0330. The Morgan fingerprint density at radius 2 is 2.24 bits per heavy atom. The smallest absolute Gasteiger partial charge is 0.230 e. The van der Waals surface area contributed by atoms with Gasteiger partial charge in [0, 0.05) is 19.3 Å². The van der Waals surface area contributed by atoms with E-state index in [2.05, 4.69) is 15.2 Å². The molecule has 132 valence electrons. The summed E-state index contributed by atoms with van der Waals surface area (Å²) < 4.78 is 11.2. The van der Waals surface area contributed by atoms with E-state index in [0.29, 0.717) is 18.4 Å². The standard InChI is InChI=1S/C19H23N3O3/c1-13-18(5-2-6-20-13)21-19(23)17-12-24-11-14-8-22(10-16(14)17)9-15-4-3-7-25-15/h2-7,14,16-17H,8-12H2,1H3,(H,21,23)/t14-,16-,17+/m1/s1. The van der Waals surface area contributed by atoms with Crippen LogP contribution in [0.1, 0.15) is 11.5 Å². The van der Waals surface area contributed by atoms with E-state index in [9.17, 15) is 4.79 Å². The van der Waals surface area contributed by atoms with Crippen LogP contribution in [0.25, 0.3) is 0 Å². The van der Waals surface area contributed by atoms with Crippen LogP contribution in [0.3, 0.4) is 0 Å². The van der Waals surface area contributed by atoms with Crippen molar-refractivity contribution in [3.05, 3.63) is 48.2 Å². The quantitative estimate of drug-likeness (QED) is 0.924. The first kappa shape index (κ1) is 16.3. The van der Waals surface area contributed by atoms with Crippen molar-refractivity contribution >= 4 is 11.6 Å². The summed E-state index contributed by atoms with van der Waals surface area (Å²) in [6, 6.07) is 7.63. The van der Waals surface area contributed by atoms with Crippen LogP contribution >= 0.6 is 0 Å². The highest BCUT2D eigenvalue weighted by atomic mass is 16.5. The second kappa shape index (κ2) is 6.98. The van der Waals surface area contributed by atoms with Crippen LogP contribution in [-0.4, -0.2) is 42.1 Å². The molecular weight excluding hydrogens is 318 g/mol. The summed E-state index contributed by atoms with van der Waals surface area (Å²) in [7, 11) is 0. The summed E-state index contributed by atoms with van der Waals surface area (Å²) >= 11 is 0. The number of carbonyl (C=O) groups excluding carboxylic acids is 1. The van der Waals surface area contributed by atoms with Crippen molar-refractivity contribution in [3.63, 3.8) is 0 Å². The number of aryl methyl sites for hydroxylation is 1. The van der Waals surface area contributed by atoms with Crippen LogP contribution in [0.5, 0.6) is 0 Å². The third kappa shape index (κ3) is 3.45. The first-order valence-electron chi connectivity index (χ1n) is 8.75. The predicted molar refractivity (Wildman–Crippen MR) is 92.9 cm³/mol. The Morgan fingerprint density at radius 1 is 1.32 bits per heavy atom. The van der Waals surface area contributed by atoms with Gasteiger partial charge in [-0.25, -0.2) is 0 Å². The van der Waals surface area contributed by atoms with Crippen molar-refractivity contribution in [2.75, 3.05) is 31.6 Å². The molecule has 0 bridgehead atoms. The lowest BCUT2D eigenvalue weighted by atomic mass is 9.82. The second-order valence-corrected chi connectivity index (χ2v) is 6.97. The van der Waals surface area contributed by atoms with E-state index in [1.807, 2.05) is 31.2 Å². The van der Waals surface area contributed by atoms with E-state index in [1.54, 1.807) is 12.5 Å². The van der Waals surface area contributed by atoms with Crippen LogP contribution < -0.4 is 5.32 Å². The summed E-state index contributed by atoms with van der Waals surface area (Å²) in [5.74, 6) is 1.59. The normalized spacial score (nSPS) is 26.4. The van der Waals surface area contributed by atoms with E-state index in [1.165, 1.54) is 0 Å². The van der Waals surface area contributed by atoms with Crippen LogP contribution in [0.2, 0.25) is 0 Å². The molecule has 1 N–H and O–H groups in total. The number of pyridine rings is 1. The average molecular weight is 341 g/mol. The maximum absolute atomic E-state index is 12.8. The van der Waals surface area contributed by atoms with Crippen LogP contribution in [0, 0.1) is 24.7 Å². The molecule has 0 unspecified atom stereocenters. The van der Waals surface area contributed by atoms with E-state index >= 15 is 0 Å². The number of ether oxygens (including phenoxy) is 1. The number of furan rings is 1. The summed E-state index contributed by atoms with van der Waals surface area (Å²) in [6.07, 6.45) is 3.43. The molecule has 6 nitrogen and oxygen atoms in total. The first-order valence-corrected chi connectivity index (χ1v) is 8.75. The maximum Gasteiger partial charge on any atom is 0.230 e. The van der Waals surface area contributed by atoms with E-state index in [-0.39, 0.29) is 11.8 Å². The van der Waals surface area contributed by atoms with Gasteiger partial charge in [-0.2, -0.15) is 0 Å². The molecule has 0 radical (unpaired) electrons. The van der Waals surface area contributed by atoms with Gasteiger partial charge in [-0.05, 0) is 43.0 Å². The molecular formula is C19H23N3O3. The molecule has 2 aliphatic rings. The minimum atomic E-state index is -0.125. The lowest BCUT2D eigenvalue weighted by Crippen LogP contribution is -2.42. The molecule has 2 saturated heterocycles. The van der Waals surface area contributed by atoms with Gasteiger partial charge in [-0.1, -0.05) is 0 Å². The first-order chi connectivity index (χ1) is 12.2. The van der Waals surface area contributed by atoms with Crippen molar-refractivity contribution < 1.29 is 13.9 Å². The Kier molecular flexibility index (Phi) is 4.55. The Hall–Kier alpha value is -2.18. The molecule has 6 heteroatoms. The molecule has 4 heterocycles. The van der Waals surface area contributed by atoms with Gasteiger partial charge in [-0.15, -0.1) is 0 Å². The Morgan fingerprint density at radius 3 is 3.04 bits per heavy atom. The summed E-state index contributed by atoms with van der Waals surface area (Å²) in [5, 5.41) is 3.03. The van der Waals surface area contributed by atoms with Crippen LogP contribution in [0.4, 0.5) is 5.69 Å². The number of likely N-dealkylation sites (tertiary alicyclic amines) is 1. The van der Waals surface area contributed by atoms with E-state index < -0.39 is 0 Å².